The molecule has 0 radical (unpaired) electrons. The fourth-order valence-corrected chi connectivity index (χ4v) is 3.09. The van der Waals surface area contributed by atoms with E-state index in [1.54, 1.807) is 11.8 Å². The Hall–Kier alpha value is -2.05. The lowest BCUT2D eigenvalue weighted by atomic mass is 9.87. The van der Waals surface area contributed by atoms with Gasteiger partial charge in [0.25, 0.3) is 0 Å². The van der Waals surface area contributed by atoms with Gasteiger partial charge in [-0.1, -0.05) is 12.8 Å². The molecule has 1 aromatic heterocycles. The Balaban J connectivity index is 1.74. The van der Waals surface area contributed by atoms with Gasteiger partial charge >= 0.3 is 12.0 Å². The molecule has 7 heteroatoms. The van der Waals surface area contributed by atoms with Gasteiger partial charge in [-0.3, -0.25) is 10.1 Å². The predicted molar refractivity (Wildman–Crippen MR) is 75.9 cm³/mol. The van der Waals surface area contributed by atoms with Crippen LogP contribution in [0.15, 0.2) is 4.42 Å². The Bertz CT molecular complexity index is 549. The van der Waals surface area contributed by atoms with Crippen LogP contribution in [0.4, 0.5) is 10.8 Å². The van der Waals surface area contributed by atoms with Crippen LogP contribution in [0.3, 0.4) is 0 Å². The Morgan fingerprint density at radius 2 is 2.14 bits per heavy atom. The molecule has 2 N–H and O–H groups in total. The number of amides is 3. The highest BCUT2D eigenvalue weighted by Crippen LogP contribution is 2.26. The van der Waals surface area contributed by atoms with E-state index >= 15 is 0 Å². The van der Waals surface area contributed by atoms with Crippen LogP contribution in [-0.4, -0.2) is 40.5 Å². The smallest absolute Gasteiger partial charge is 0.326 e. The minimum Gasteiger partial charge on any atom is -0.428 e. The van der Waals surface area contributed by atoms with Crippen molar-refractivity contribution in [2.45, 2.75) is 51.6 Å². The zero-order valence-electron chi connectivity index (χ0n) is 12.3. The molecule has 21 heavy (non-hydrogen) atoms. The number of nitrogens with one attached hydrogen (secondary N) is 2. The first-order chi connectivity index (χ1) is 10.0. The number of fused-ring (bicyclic) bond motifs is 1. The second kappa shape index (κ2) is 5.38. The molecule has 3 amide bonds. The number of hydrogen-bond donors (Lipinski definition) is 2. The molecule has 1 aromatic rings. The van der Waals surface area contributed by atoms with Gasteiger partial charge in [0.2, 0.25) is 5.91 Å². The number of aryl methyl sites for hydroxylation is 2. The van der Waals surface area contributed by atoms with E-state index in [2.05, 4.69) is 15.6 Å². The highest BCUT2D eigenvalue weighted by molar-refractivity contribution is 5.92. The van der Waals surface area contributed by atoms with Crippen LogP contribution >= 0.6 is 0 Å². The van der Waals surface area contributed by atoms with E-state index in [0.717, 1.165) is 31.4 Å². The molecule has 0 spiro atoms. The van der Waals surface area contributed by atoms with Gasteiger partial charge in [0, 0.05) is 6.04 Å². The maximum absolute atomic E-state index is 12.4. The van der Waals surface area contributed by atoms with E-state index < -0.39 is 0 Å². The van der Waals surface area contributed by atoms with Gasteiger partial charge in [0.15, 0.2) is 0 Å². The molecule has 7 nitrogen and oxygen atoms in total. The monoisotopic (exact) mass is 292 g/mol. The number of nitrogens with zero attached hydrogens (tertiary/aromatic N) is 2. The van der Waals surface area contributed by atoms with Crippen LogP contribution in [0, 0.1) is 13.8 Å². The van der Waals surface area contributed by atoms with Crippen molar-refractivity contribution >= 4 is 18.0 Å². The number of urea groups is 1. The standard InChI is InChI=1S/C14H20N4O3/c1-8-9(2)21-13(15-8)17-14(20)18-7-12(19)16-10-5-3-4-6-11(10)18/h10-11H,3-7H2,1-2H3,(H,16,19)(H,15,17,20). The molecule has 2 heterocycles. The normalized spacial score (nSPS) is 25.2. The number of piperazine rings is 1. The van der Waals surface area contributed by atoms with Crippen molar-refractivity contribution in [1.29, 1.82) is 0 Å². The largest absolute Gasteiger partial charge is 0.428 e. The summed E-state index contributed by atoms with van der Waals surface area (Å²) in [6, 6.07) is 0.00345. The van der Waals surface area contributed by atoms with E-state index in [1.165, 1.54) is 0 Å². The van der Waals surface area contributed by atoms with Crippen molar-refractivity contribution in [3.05, 3.63) is 11.5 Å². The Kier molecular flexibility index (Phi) is 3.57. The van der Waals surface area contributed by atoms with Crippen LogP contribution in [0.1, 0.15) is 37.1 Å². The molecule has 1 saturated carbocycles. The third kappa shape index (κ3) is 2.72. The summed E-state index contributed by atoms with van der Waals surface area (Å²) < 4.78 is 5.37. The molecule has 2 fully saturated rings. The lowest BCUT2D eigenvalue weighted by Gasteiger charge is -2.43. The van der Waals surface area contributed by atoms with Crippen LogP contribution in [0.2, 0.25) is 0 Å². The minimum absolute atomic E-state index is 0.0635. The van der Waals surface area contributed by atoms with Crippen molar-refractivity contribution in [2.24, 2.45) is 0 Å². The summed E-state index contributed by atoms with van der Waals surface area (Å²) in [5.74, 6) is 0.574. The summed E-state index contributed by atoms with van der Waals surface area (Å²) in [5.41, 5.74) is 0.747. The number of aromatic nitrogens is 1. The zero-order valence-corrected chi connectivity index (χ0v) is 12.3. The summed E-state index contributed by atoms with van der Waals surface area (Å²) >= 11 is 0. The molecular weight excluding hydrogens is 272 g/mol. The molecule has 0 bridgehead atoms. The molecule has 2 atom stereocenters. The first-order valence-corrected chi connectivity index (χ1v) is 7.35. The molecule has 114 valence electrons. The first kappa shape index (κ1) is 13.9. The van der Waals surface area contributed by atoms with Crippen molar-refractivity contribution in [1.82, 2.24) is 15.2 Å². The SMILES string of the molecule is Cc1nc(NC(=O)N2CC(=O)NC3CCCCC32)oc1C. The first-order valence-electron chi connectivity index (χ1n) is 7.35. The highest BCUT2D eigenvalue weighted by Gasteiger charge is 2.39. The Morgan fingerprint density at radius 3 is 2.86 bits per heavy atom. The summed E-state index contributed by atoms with van der Waals surface area (Å²) in [5, 5.41) is 5.64. The second-order valence-electron chi connectivity index (χ2n) is 5.74. The van der Waals surface area contributed by atoms with E-state index in [-0.39, 0.29) is 36.6 Å². The highest BCUT2D eigenvalue weighted by atomic mass is 16.4. The van der Waals surface area contributed by atoms with E-state index in [1.807, 2.05) is 6.92 Å². The van der Waals surface area contributed by atoms with Crippen LogP contribution in [0.25, 0.3) is 0 Å². The van der Waals surface area contributed by atoms with Gasteiger partial charge in [-0.15, -0.1) is 0 Å². The molecule has 3 rings (SSSR count). The molecule has 1 aliphatic heterocycles. The minimum atomic E-state index is -0.317. The van der Waals surface area contributed by atoms with Gasteiger partial charge in [-0.25, -0.2) is 4.79 Å². The van der Waals surface area contributed by atoms with Gasteiger partial charge in [0.1, 0.15) is 12.3 Å². The number of anilines is 1. The molecule has 1 saturated heterocycles. The third-order valence-corrected chi connectivity index (χ3v) is 4.29. The number of carbonyl (C=O) groups is 2. The number of rotatable bonds is 1. The lowest BCUT2D eigenvalue weighted by molar-refractivity contribution is -0.126. The molecule has 2 unspecified atom stereocenters. The maximum atomic E-state index is 12.4. The van der Waals surface area contributed by atoms with Crippen molar-refractivity contribution in [2.75, 3.05) is 11.9 Å². The summed E-state index contributed by atoms with van der Waals surface area (Å²) in [6.07, 6.45) is 4.02. The van der Waals surface area contributed by atoms with Gasteiger partial charge in [-0.05, 0) is 26.7 Å². The summed E-state index contributed by atoms with van der Waals surface area (Å²) in [7, 11) is 0. The van der Waals surface area contributed by atoms with E-state index in [9.17, 15) is 9.59 Å². The van der Waals surface area contributed by atoms with Crippen molar-refractivity contribution in [3.63, 3.8) is 0 Å². The zero-order chi connectivity index (χ0) is 15.0. The van der Waals surface area contributed by atoms with E-state index in [4.69, 9.17) is 4.42 Å². The quantitative estimate of drug-likeness (QED) is 0.822. The molecule has 2 aliphatic rings. The van der Waals surface area contributed by atoms with E-state index in [0.29, 0.717) is 5.76 Å². The average Bonchev–Trinajstić information content (AvgIpc) is 2.76. The summed E-state index contributed by atoms with van der Waals surface area (Å²) in [6.45, 7) is 3.70. The van der Waals surface area contributed by atoms with Gasteiger partial charge in [-0.2, -0.15) is 4.98 Å². The predicted octanol–water partition coefficient (Wildman–Crippen LogP) is 1.57. The molecule has 0 aromatic carbocycles. The van der Waals surface area contributed by atoms with Crippen LogP contribution in [-0.2, 0) is 4.79 Å². The maximum Gasteiger partial charge on any atom is 0.326 e. The lowest BCUT2D eigenvalue weighted by Crippen LogP contribution is -2.63. The van der Waals surface area contributed by atoms with Crippen molar-refractivity contribution < 1.29 is 14.0 Å². The van der Waals surface area contributed by atoms with Crippen LogP contribution < -0.4 is 10.6 Å². The Labute approximate surface area is 123 Å². The Morgan fingerprint density at radius 1 is 1.38 bits per heavy atom. The average molecular weight is 292 g/mol. The third-order valence-electron chi connectivity index (χ3n) is 4.29. The molecular formula is C14H20N4O3. The molecule has 1 aliphatic carbocycles. The summed E-state index contributed by atoms with van der Waals surface area (Å²) in [4.78, 5) is 29.9. The fourth-order valence-electron chi connectivity index (χ4n) is 3.09. The number of carbonyl (C=O) groups excluding carboxylic acids is 2. The van der Waals surface area contributed by atoms with Crippen LogP contribution in [0.5, 0.6) is 0 Å². The van der Waals surface area contributed by atoms with Gasteiger partial charge in [0.05, 0.1) is 11.7 Å². The number of hydrogen-bond acceptors (Lipinski definition) is 4. The topological polar surface area (TPSA) is 87.5 Å². The van der Waals surface area contributed by atoms with Crippen molar-refractivity contribution in [3.8, 4) is 0 Å². The fraction of sp³-hybridized carbons (Fsp3) is 0.643. The second-order valence-corrected chi connectivity index (χ2v) is 5.74. The van der Waals surface area contributed by atoms with Gasteiger partial charge < -0.3 is 14.6 Å². The number of oxazole rings is 1.